The van der Waals surface area contributed by atoms with Crippen LogP contribution in [0, 0.1) is 18.3 Å². The molecule has 2 rings (SSSR count). The fraction of sp³-hybridized carbons (Fsp3) is 0.400. The number of thiophene rings is 1. The normalized spacial score (nSPS) is 11.2. The molecule has 20 heavy (non-hydrogen) atoms. The van der Waals surface area contributed by atoms with Crippen molar-refractivity contribution < 1.29 is 0 Å². The lowest BCUT2D eigenvalue weighted by Crippen LogP contribution is -2.18. The highest BCUT2D eigenvalue weighted by Crippen LogP contribution is 2.33. The van der Waals surface area contributed by atoms with Gasteiger partial charge in [-0.05, 0) is 19.1 Å². The first-order valence-corrected chi connectivity index (χ1v) is 7.25. The van der Waals surface area contributed by atoms with E-state index in [0.29, 0.717) is 4.88 Å². The molecule has 0 fully saturated rings. The van der Waals surface area contributed by atoms with E-state index in [1.54, 1.807) is 0 Å². The molecule has 2 aromatic rings. The molecule has 0 aliphatic rings. The summed E-state index contributed by atoms with van der Waals surface area (Å²) in [6.45, 7) is 8.28. The lowest BCUT2D eigenvalue weighted by atomic mass is 9.95. The zero-order chi connectivity index (χ0) is 14.9. The predicted octanol–water partition coefficient (Wildman–Crippen LogP) is 3.72. The number of hydrogen-bond acceptors (Lipinski definition) is 5. The maximum Gasteiger partial charge on any atom is 0.136 e. The molecule has 0 aliphatic carbocycles. The Morgan fingerprint density at radius 2 is 1.95 bits per heavy atom. The van der Waals surface area contributed by atoms with E-state index in [2.05, 4.69) is 37.1 Å². The highest BCUT2D eigenvalue weighted by Gasteiger charge is 2.22. The summed E-state index contributed by atoms with van der Waals surface area (Å²) in [5.74, 6) is 1.64. The van der Waals surface area contributed by atoms with Crippen molar-refractivity contribution >= 4 is 17.2 Å². The van der Waals surface area contributed by atoms with Crippen molar-refractivity contribution in [3.63, 3.8) is 0 Å². The van der Waals surface area contributed by atoms with Gasteiger partial charge in [-0.1, -0.05) is 20.8 Å². The molecule has 0 saturated heterocycles. The number of anilines is 1. The van der Waals surface area contributed by atoms with Crippen LogP contribution >= 0.6 is 11.3 Å². The lowest BCUT2D eigenvalue weighted by molar-refractivity contribution is 0.546. The third-order valence-corrected chi connectivity index (χ3v) is 4.00. The summed E-state index contributed by atoms with van der Waals surface area (Å²) in [7, 11) is 1.86. The summed E-state index contributed by atoms with van der Waals surface area (Å²) in [5.41, 5.74) is 1.79. The van der Waals surface area contributed by atoms with Crippen LogP contribution in [-0.4, -0.2) is 17.0 Å². The van der Waals surface area contributed by atoms with Crippen LogP contribution in [-0.2, 0) is 5.41 Å². The number of rotatable bonds is 2. The second-order valence-electron chi connectivity index (χ2n) is 5.65. The summed E-state index contributed by atoms with van der Waals surface area (Å²) < 4.78 is 0. The Hall–Kier alpha value is -1.93. The maximum absolute atomic E-state index is 8.97. The fourth-order valence-electron chi connectivity index (χ4n) is 1.86. The average molecular weight is 286 g/mol. The molecular weight excluding hydrogens is 268 g/mol. The third-order valence-electron chi connectivity index (χ3n) is 3.00. The van der Waals surface area contributed by atoms with E-state index in [9.17, 15) is 0 Å². The minimum Gasteiger partial charge on any atom is -0.373 e. The lowest BCUT2D eigenvalue weighted by Gasteiger charge is -2.20. The molecule has 0 radical (unpaired) electrons. The Balaban J connectivity index is 2.65. The molecule has 1 N–H and O–H groups in total. The highest BCUT2D eigenvalue weighted by molar-refractivity contribution is 7.16. The summed E-state index contributed by atoms with van der Waals surface area (Å²) in [6, 6.07) is 5.95. The molecule has 0 bridgehead atoms. The largest absolute Gasteiger partial charge is 0.373 e. The molecule has 0 aromatic carbocycles. The minimum atomic E-state index is -0.122. The zero-order valence-corrected chi connectivity index (χ0v) is 13.2. The molecular formula is C15H18N4S. The van der Waals surface area contributed by atoms with Crippen LogP contribution in [0.4, 0.5) is 5.82 Å². The summed E-state index contributed by atoms with van der Waals surface area (Å²) >= 11 is 1.46. The van der Waals surface area contributed by atoms with Gasteiger partial charge in [0.2, 0.25) is 0 Å². The smallest absolute Gasteiger partial charge is 0.136 e. The van der Waals surface area contributed by atoms with Gasteiger partial charge in [0.25, 0.3) is 0 Å². The molecule has 2 aromatic heterocycles. The molecule has 0 atom stereocenters. The van der Waals surface area contributed by atoms with Gasteiger partial charge in [0.05, 0.1) is 10.6 Å². The molecule has 104 valence electrons. The first-order chi connectivity index (χ1) is 9.36. The molecule has 0 unspecified atom stereocenters. The third kappa shape index (κ3) is 2.66. The van der Waals surface area contributed by atoms with Crippen LogP contribution in [0.3, 0.4) is 0 Å². The molecule has 0 saturated carbocycles. The van der Waals surface area contributed by atoms with E-state index in [1.807, 2.05) is 26.1 Å². The van der Waals surface area contributed by atoms with E-state index < -0.39 is 0 Å². The van der Waals surface area contributed by atoms with Crippen LogP contribution < -0.4 is 5.32 Å². The van der Waals surface area contributed by atoms with E-state index in [0.717, 1.165) is 27.8 Å². The van der Waals surface area contributed by atoms with Gasteiger partial charge in [-0.25, -0.2) is 9.97 Å². The first kappa shape index (κ1) is 14.5. The number of nitrogens with zero attached hydrogens (tertiary/aromatic N) is 3. The van der Waals surface area contributed by atoms with Gasteiger partial charge in [0.1, 0.15) is 22.6 Å². The van der Waals surface area contributed by atoms with E-state index in [-0.39, 0.29) is 5.41 Å². The molecule has 4 nitrogen and oxygen atoms in total. The van der Waals surface area contributed by atoms with Crippen molar-refractivity contribution in [2.24, 2.45) is 0 Å². The Morgan fingerprint density at radius 1 is 1.25 bits per heavy atom. The monoisotopic (exact) mass is 286 g/mol. The predicted molar refractivity (Wildman–Crippen MR) is 83.0 cm³/mol. The Labute approximate surface area is 123 Å². The van der Waals surface area contributed by atoms with Crippen LogP contribution in [0.25, 0.3) is 10.6 Å². The van der Waals surface area contributed by atoms with E-state index in [4.69, 9.17) is 10.2 Å². The zero-order valence-electron chi connectivity index (χ0n) is 12.4. The number of nitriles is 1. The van der Waals surface area contributed by atoms with Crippen molar-refractivity contribution in [2.45, 2.75) is 33.1 Å². The first-order valence-electron chi connectivity index (χ1n) is 6.44. The van der Waals surface area contributed by atoms with Crippen molar-refractivity contribution in [3.05, 3.63) is 28.4 Å². The SMILES string of the molecule is CNc1nc(C(C)(C)C)nc(-c2ccc(C#N)s2)c1C. The standard InChI is InChI=1S/C15H18N4S/c1-9-12(11-7-6-10(8-16)20-11)18-14(15(2,3)4)19-13(9)17-5/h6-7H,1-5H3,(H,17,18,19). The highest BCUT2D eigenvalue weighted by atomic mass is 32.1. The quantitative estimate of drug-likeness (QED) is 0.914. The van der Waals surface area contributed by atoms with Crippen LogP contribution in [0.15, 0.2) is 12.1 Å². The maximum atomic E-state index is 8.97. The molecule has 0 spiro atoms. The van der Waals surface area contributed by atoms with Crippen LogP contribution in [0.5, 0.6) is 0 Å². The number of hydrogen-bond donors (Lipinski definition) is 1. The van der Waals surface area contributed by atoms with Gasteiger partial charge >= 0.3 is 0 Å². The summed E-state index contributed by atoms with van der Waals surface area (Å²) in [6.07, 6.45) is 0. The van der Waals surface area contributed by atoms with Crippen LogP contribution in [0.1, 0.15) is 37.0 Å². The molecule has 2 heterocycles. The van der Waals surface area contributed by atoms with Crippen molar-refractivity contribution in [3.8, 4) is 16.6 Å². The number of nitrogens with one attached hydrogen (secondary N) is 1. The van der Waals surface area contributed by atoms with Gasteiger partial charge in [0.15, 0.2) is 0 Å². The van der Waals surface area contributed by atoms with Crippen molar-refractivity contribution in [1.29, 1.82) is 5.26 Å². The van der Waals surface area contributed by atoms with Crippen molar-refractivity contribution in [1.82, 2.24) is 9.97 Å². The topological polar surface area (TPSA) is 61.6 Å². The van der Waals surface area contributed by atoms with Crippen LogP contribution in [0.2, 0.25) is 0 Å². The Morgan fingerprint density at radius 3 is 2.45 bits per heavy atom. The second-order valence-corrected chi connectivity index (χ2v) is 6.73. The minimum absolute atomic E-state index is 0.122. The van der Waals surface area contributed by atoms with Gasteiger partial charge in [-0.2, -0.15) is 5.26 Å². The van der Waals surface area contributed by atoms with Gasteiger partial charge in [0, 0.05) is 18.0 Å². The number of aromatic nitrogens is 2. The molecule has 0 amide bonds. The van der Waals surface area contributed by atoms with E-state index in [1.165, 1.54) is 11.3 Å². The van der Waals surface area contributed by atoms with Gasteiger partial charge in [-0.3, -0.25) is 0 Å². The Kier molecular flexibility index (Phi) is 3.78. The summed E-state index contributed by atoms with van der Waals surface area (Å²) in [4.78, 5) is 11.0. The van der Waals surface area contributed by atoms with Crippen molar-refractivity contribution in [2.75, 3.05) is 12.4 Å². The summed E-state index contributed by atoms with van der Waals surface area (Å²) in [5, 5.41) is 12.1. The van der Waals surface area contributed by atoms with Gasteiger partial charge < -0.3 is 5.32 Å². The van der Waals surface area contributed by atoms with E-state index >= 15 is 0 Å². The Bertz CT molecular complexity index is 674. The fourth-order valence-corrected chi connectivity index (χ4v) is 2.71. The average Bonchev–Trinajstić information content (AvgIpc) is 2.86. The molecule has 5 heteroatoms. The van der Waals surface area contributed by atoms with Gasteiger partial charge in [-0.15, -0.1) is 11.3 Å². The second kappa shape index (κ2) is 5.22. The molecule has 0 aliphatic heterocycles.